The zero-order chi connectivity index (χ0) is 39.6. The zero-order valence-corrected chi connectivity index (χ0v) is 31.2. The number of amides is 3. The van der Waals surface area contributed by atoms with Crippen LogP contribution in [0.1, 0.15) is 60.3 Å². The summed E-state index contributed by atoms with van der Waals surface area (Å²) >= 11 is 0. The monoisotopic (exact) mass is 744 g/mol. The van der Waals surface area contributed by atoms with Crippen LogP contribution in [0.25, 0.3) is 22.3 Å². The molecule has 0 aliphatic heterocycles. The molecule has 3 amide bonds. The van der Waals surface area contributed by atoms with Crippen LogP contribution in [-0.4, -0.2) is 84.5 Å². The van der Waals surface area contributed by atoms with Gasteiger partial charge < -0.3 is 30.1 Å². The summed E-state index contributed by atoms with van der Waals surface area (Å²) in [6, 6.07) is 32.9. The molecule has 4 aromatic rings. The number of hydrogen-bond acceptors (Lipinski definition) is 9. The van der Waals surface area contributed by atoms with Crippen molar-refractivity contribution < 1.29 is 38.1 Å². The maximum atomic E-state index is 11.7. The van der Waals surface area contributed by atoms with E-state index in [1.807, 2.05) is 48.5 Å². The normalized spacial score (nSPS) is 11.9. The van der Waals surface area contributed by atoms with E-state index < -0.39 is 5.97 Å². The van der Waals surface area contributed by atoms with Crippen LogP contribution in [0, 0.1) is 0 Å². The van der Waals surface area contributed by atoms with E-state index >= 15 is 0 Å². The van der Waals surface area contributed by atoms with Crippen LogP contribution in [0.2, 0.25) is 0 Å². The number of nitrogens with one attached hydrogen (secondary N) is 3. The van der Waals surface area contributed by atoms with Crippen molar-refractivity contribution in [3.63, 3.8) is 0 Å². The van der Waals surface area contributed by atoms with Crippen LogP contribution in [0.5, 0.6) is 0 Å². The van der Waals surface area contributed by atoms with Gasteiger partial charge in [0.2, 0.25) is 17.7 Å². The fraction of sp³-hybridized carbons (Fsp3) is 0.286. The minimum atomic E-state index is -0.499. The highest BCUT2D eigenvalue weighted by Gasteiger charge is 2.30. The van der Waals surface area contributed by atoms with Crippen LogP contribution in [0.3, 0.4) is 0 Å². The lowest BCUT2D eigenvalue weighted by molar-refractivity contribution is -0.146. The molecule has 4 aromatic carbocycles. The average Bonchev–Trinajstić information content (AvgIpc) is 3.71. The Kier molecular flexibility index (Phi) is 16.2. The molecule has 13 heteroatoms. The number of fused-ring (bicyclic) bond motifs is 6. The first kappa shape index (κ1) is 41.5. The van der Waals surface area contributed by atoms with Crippen molar-refractivity contribution in [2.45, 2.75) is 38.0 Å². The molecule has 0 fully saturated rings. The van der Waals surface area contributed by atoms with Gasteiger partial charge in [0.25, 0.3) is 0 Å². The first-order chi connectivity index (χ1) is 26.7. The number of hydrogen-bond donors (Lipinski definition) is 3. The lowest BCUT2D eigenvalue weighted by atomic mass is 9.98. The Balaban J connectivity index is 0.000000188. The Labute approximate surface area is 322 Å². The molecule has 55 heavy (non-hydrogen) atoms. The third-order valence-electron chi connectivity index (χ3n) is 8.92. The van der Waals surface area contributed by atoms with Crippen molar-refractivity contribution in [3.05, 3.63) is 119 Å². The SMILES string of the molecule is CC(=O)OCC1c2ccccc2-c2ccccc21.CNC(=O)CC(=O)OCC1c2ccccc2-c2ccccc21.[B]OC=NCCCC(=O)NCC(=O)NC. The van der Waals surface area contributed by atoms with Crippen molar-refractivity contribution in [2.24, 2.45) is 4.99 Å². The van der Waals surface area contributed by atoms with Gasteiger partial charge in [0.05, 0.1) is 6.54 Å². The van der Waals surface area contributed by atoms with E-state index in [0.717, 1.165) is 17.5 Å². The summed E-state index contributed by atoms with van der Waals surface area (Å²) in [7, 11) is 7.70. The van der Waals surface area contributed by atoms with Crippen molar-refractivity contribution in [2.75, 3.05) is 40.4 Å². The second-order valence-corrected chi connectivity index (χ2v) is 12.5. The number of ether oxygens (including phenoxy) is 2. The molecule has 0 heterocycles. The molecule has 0 saturated heterocycles. The predicted octanol–water partition coefficient (Wildman–Crippen LogP) is 4.60. The molecule has 0 atom stereocenters. The second kappa shape index (κ2) is 21.5. The van der Waals surface area contributed by atoms with Gasteiger partial charge in [0.15, 0.2) is 0 Å². The lowest BCUT2D eigenvalue weighted by Crippen LogP contribution is -2.35. The highest BCUT2D eigenvalue weighted by molar-refractivity contribution is 6.02. The Morgan fingerprint density at radius 1 is 0.655 bits per heavy atom. The van der Waals surface area contributed by atoms with Gasteiger partial charge in [-0.15, -0.1) is 0 Å². The first-order valence-electron chi connectivity index (χ1n) is 17.9. The van der Waals surface area contributed by atoms with Crippen molar-refractivity contribution in [1.82, 2.24) is 16.0 Å². The zero-order valence-electron chi connectivity index (χ0n) is 31.2. The highest BCUT2D eigenvalue weighted by atomic mass is 16.5. The Bertz CT molecular complexity index is 1890. The van der Waals surface area contributed by atoms with Gasteiger partial charge in [-0.1, -0.05) is 97.1 Å². The standard InChI is InChI=1S/C18H17NO3.C16H14O2.C8H14BN3O3/c1-19-17(20)10-18(21)22-11-16-14-8-4-2-6-12(14)13-7-3-5-9-15(13)16;1-11(17)18-10-16-14-8-4-2-6-12(14)13-7-3-5-9-15(13)16;1-10-8(14)5-12-7(13)3-2-4-11-6-15-9/h2-9,16H,10-11H2,1H3,(H,19,20);2-9,16H,10H2,1H3;6H,2-5H2,1H3,(H,10,14)(H,12,13). The molecular formula is C42H45BN4O8. The van der Waals surface area contributed by atoms with Gasteiger partial charge in [-0.2, -0.15) is 0 Å². The third-order valence-corrected chi connectivity index (χ3v) is 8.92. The number of aliphatic imine (C=N–C) groups is 1. The van der Waals surface area contributed by atoms with Crippen LogP contribution < -0.4 is 16.0 Å². The number of rotatable bonds is 13. The number of carbonyl (C=O) groups excluding carboxylic acids is 5. The minimum absolute atomic E-state index is 0.00448. The second-order valence-electron chi connectivity index (χ2n) is 12.5. The molecule has 0 aromatic heterocycles. The number of benzene rings is 4. The summed E-state index contributed by atoms with van der Waals surface area (Å²) in [6.07, 6.45) is 1.77. The van der Waals surface area contributed by atoms with E-state index in [1.54, 1.807) is 0 Å². The fourth-order valence-corrected chi connectivity index (χ4v) is 6.31. The van der Waals surface area contributed by atoms with Gasteiger partial charge in [0, 0.05) is 45.8 Å². The Hall–Kier alpha value is -6.24. The van der Waals surface area contributed by atoms with Crippen molar-refractivity contribution in [3.8, 4) is 22.3 Å². The molecule has 0 unspecified atom stereocenters. The van der Waals surface area contributed by atoms with E-state index in [4.69, 9.17) is 17.5 Å². The summed E-state index contributed by atoms with van der Waals surface area (Å²) in [4.78, 5) is 59.5. The third kappa shape index (κ3) is 11.9. The Morgan fingerprint density at radius 3 is 1.51 bits per heavy atom. The summed E-state index contributed by atoms with van der Waals surface area (Å²) in [5, 5.41) is 7.28. The summed E-state index contributed by atoms with van der Waals surface area (Å²) in [6.45, 7) is 2.59. The van der Waals surface area contributed by atoms with E-state index in [2.05, 4.69) is 74.1 Å². The van der Waals surface area contributed by atoms with E-state index in [-0.39, 0.29) is 55.1 Å². The highest BCUT2D eigenvalue weighted by Crippen LogP contribution is 2.45. The van der Waals surface area contributed by atoms with Gasteiger partial charge >= 0.3 is 20.0 Å². The maximum absolute atomic E-state index is 11.7. The quantitative estimate of drug-likeness (QED) is 0.0447. The van der Waals surface area contributed by atoms with Gasteiger partial charge in [-0.05, 0) is 50.9 Å². The van der Waals surface area contributed by atoms with Crippen LogP contribution in [0.4, 0.5) is 0 Å². The van der Waals surface area contributed by atoms with Crippen LogP contribution >= 0.6 is 0 Å². The van der Waals surface area contributed by atoms with Gasteiger partial charge in [-0.3, -0.25) is 29.0 Å². The average molecular weight is 745 g/mol. The largest absolute Gasteiger partial charge is 0.560 e. The Morgan fingerprint density at radius 2 is 1.09 bits per heavy atom. The minimum Gasteiger partial charge on any atom is -0.560 e. The van der Waals surface area contributed by atoms with E-state index in [1.165, 1.54) is 54.4 Å². The molecule has 0 bridgehead atoms. The number of esters is 2. The molecule has 3 N–H and O–H groups in total. The van der Waals surface area contributed by atoms with E-state index in [9.17, 15) is 24.0 Å². The first-order valence-corrected chi connectivity index (χ1v) is 17.9. The summed E-state index contributed by atoms with van der Waals surface area (Å²) in [5.74, 6) is -1.27. The molecule has 2 aliphatic carbocycles. The number of carbonyl (C=O) groups is 5. The molecule has 2 radical (unpaired) electrons. The van der Waals surface area contributed by atoms with Gasteiger partial charge in [0.1, 0.15) is 26.0 Å². The maximum Gasteiger partial charge on any atom is 0.375 e. The van der Waals surface area contributed by atoms with E-state index in [0.29, 0.717) is 26.0 Å². The molecule has 6 rings (SSSR count). The number of nitrogens with zero attached hydrogens (tertiary/aromatic N) is 1. The summed E-state index contributed by atoms with van der Waals surface area (Å²) < 4.78 is 14.6. The molecule has 2 aliphatic rings. The summed E-state index contributed by atoms with van der Waals surface area (Å²) in [5.41, 5.74) is 9.71. The fourth-order valence-electron chi connectivity index (χ4n) is 6.31. The van der Waals surface area contributed by atoms with Gasteiger partial charge in [-0.25, -0.2) is 0 Å². The topological polar surface area (TPSA) is 161 Å². The number of likely N-dealkylation sites (N-methyl/N-ethyl adjacent to an activating group) is 1. The molecular weight excluding hydrogens is 699 g/mol. The van der Waals surface area contributed by atoms with Crippen molar-refractivity contribution in [1.29, 1.82) is 0 Å². The molecule has 0 saturated carbocycles. The molecule has 12 nitrogen and oxygen atoms in total. The smallest absolute Gasteiger partial charge is 0.375 e. The van der Waals surface area contributed by atoms with Crippen LogP contribution in [0.15, 0.2) is 102 Å². The van der Waals surface area contributed by atoms with Crippen LogP contribution in [-0.2, 0) is 38.1 Å². The lowest BCUT2D eigenvalue weighted by Gasteiger charge is -2.14. The van der Waals surface area contributed by atoms with Crippen molar-refractivity contribution >= 4 is 44.1 Å². The molecule has 0 spiro atoms. The predicted molar refractivity (Wildman–Crippen MR) is 210 cm³/mol. The molecule has 284 valence electrons.